The fourth-order valence-corrected chi connectivity index (χ4v) is 3.49. The second kappa shape index (κ2) is 5.91. The van der Waals surface area contributed by atoms with E-state index in [0.29, 0.717) is 28.6 Å². The molecule has 1 aromatic rings. The van der Waals surface area contributed by atoms with Gasteiger partial charge in [0.2, 0.25) is 0 Å². The van der Waals surface area contributed by atoms with E-state index in [9.17, 15) is 9.90 Å². The highest BCUT2D eigenvalue weighted by Crippen LogP contribution is 2.39. The van der Waals surface area contributed by atoms with Gasteiger partial charge in [0.25, 0.3) is 0 Å². The highest BCUT2D eigenvalue weighted by Gasteiger charge is 2.34. The van der Waals surface area contributed by atoms with Crippen LogP contribution in [0.25, 0.3) is 0 Å². The van der Waals surface area contributed by atoms with E-state index in [1.54, 1.807) is 6.07 Å². The first-order valence-electron chi connectivity index (χ1n) is 7.02. The molecule has 3 rings (SSSR count). The zero-order chi connectivity index (χ0) is 15.0. The lowest BCUT2D eigenvalue weighted by Gasteiger charge is -2.37. The van der Waals surface area contributed by atoms with Crippen molar-refractivity contribution in [3.63, 3.8) is 0 Å². The van der Waals surface area contributed by atoms with E-state index >= 15 is 0 Å². The molecule has 2 unspecified atom stereocenters. The topological polar surface area (TPSA) is 64.6 Å². The first-order valence-corrected chi connectivity index (χ1v) is 7.78. The zero-order valence-electron chi connectivity index (χ0n) is 11.4. The number of carbonyl (C=O) groups excluding carboxylic acids is 1. The molecule has 0 spiro atoms. The van der Waals surface area contributed by atoms with Crippen LogP contribution in [0.4, 0.5) is 4.79 Å². The summed E-state index contributed by atoms with van der Waals surface area (Å²) in [5, 5.41) is 16.9. The van der Waals surface area contributed by atoms with Crippen LogP contribution < -0.4 is 10.6 Å². The van der Waals surface area contributed by atoms with Gasteiger partial charge in [0, 0.05) is 24.7 Å². The molecule has 2 aliphatic rings. The van der Waals surface area contributed by atoms with Crippen LogP contribution >= 0.6 is 23.2 Å². The number of hydrogen-bond donors (Lipinski definition) is 3. The van der Waals surface area contributed by atoms with E-state index in [2.05, 4.69) is 10.6 Å². The van der Waals surface area contributed by atoms with Crippen molar-refractivity contribution in [2.24, 2.45) is 0 Å². The average molecular weight is 330 g/mol. The van der Waals surface area contributed by atoms with Gasteiger partial charge in [-0.05, 0) is 31.5 Å². The van der Waals surface area contributed by atoms with Crippen molar-refractivity contribution in [3.05, 3.63) is 27.7 Å². The fraction of sp³-hybridized carbons (Fsp3) is 0.500. The molecule has 0 saturated carbocycles. The van der Waals surface area contributed by atoms with Crippen LogP contribution in [0.5, 0.6) is 5.75 Å². The Morgan fingerprint density at radius 3 is 2.76 bits per heavy atom. The molecule has 0 aliphatic carbocycles. The molecular formula is C14H17Cl2N3O2. The molecule has 2 aliphatic heterocycles. The first-order chi connectivity index (χ1) is 10.1. The van der Waals surface area contributed by atoms with Crippen LogP contribution in [-0.2, 0) is 0 Å². The maximum absolute atomic E-state index is 12.3. The molecule has 2 fully saturated rings. The molecule has 2 heterocycles. The maximum atomic E-state index is 12.3. The lowest BCUT2D eigenvalue weighted by Crippen LogP contribution is -2.52. The zero-order valence-corrected chi connectivity index (χ0v) is 12.9. The predicted molar refractivity (Wildman–Crippen MR) is 82.0 cm³/mol. The van der Waals surface area contributed by atoms with Gasteiger partial charge < -0.3 is 20.6 Å². The second-order valence-electron chi connectivity index (χ2n) is 5.42. The number of rotatable bonds is 2. The number of aromatic hydroxyl groups is 1. The number of amides is 2. The van der Waals surface area contributed by atoms with Gasteiger partial charge >= 0.3 is 6.03 Å². The molecule has 2 atom stereocenters. The summed E-state index contributed by atoms with van der Waals surface area (Å²) in [7, 11) is 0. The number of halogens is 2. The predicted octanol–water partition coefficient (Wildman–Crippen LogP) is 2.52. The number of carbonyl (C=O) groups is 1. The summed E-state index contributed by atoms with van der Waals surface area (Å²) >= 11 is 12.2. The summed E-state index contributed by atoms with van der Waals surface area (Å²) in [6.07, 6.45) is 1.66. The Bertz CT molecular complexity index is 561. The molecule has 21 heavy (non-hydrogen) atoms. The normalized spacial score (nSPS) is 26.0. The van der Waals surface area contributed by atoms with Crippen LogP contribution in [0.2, 0.25) is 10.0 Å². The van der Waals surface area contributed by atoms with Crippen molar-refractivity contribution in [2.45, 2.75) is 24.9 Å². The number of nitrogens with zero attached hydrogens (tertiary/aromatic N) is 1. The van der Waals surface area contributed by atoms with Crippen LogP contribution in [-0.4, -0.2) is 41.7 Å². The van der Waals surface area contributed by atoms with Crippen molar-refractivity contribution in [2.75, 3.05) is 19.6 Å². The summed E-state index contributed by atoms with van der Waals surface area (Å²) in [6, 6.07) is 2.87. The van der Waals surface area contributed by atoms with E-state index in [4.69, 9.17) is 23.2 Å². The van der Waals surface area contributed by atoms with E-state index in [1.807, 2.05) is 4.90 Å². The Balaban J connectivity index is 1.78. The molecule has 5 nitrogen and oxygen atoms in total. The molecule has 1 aromatic carbocycles. The number of phenols is 1. The fourth-order valence-electron chi connectivity index (χ4n) is 3.03. The number of urea groups is 1. The molecule has 2 amide bonds. The van der Waals surface area contributed by atoms with Crippen LogP contribution in [0, 0.1) is 0 Å². The standard InChI is InChI=1S/C14H17Cl2N3O2/c15-9-1-2-11(20)12(13(9)16)10-4-6-19(14(21)18-10)8-3-5-17-7-8/h1-2,8,10,17,20H,3-7H2,(H,18,21). The van der Waals surface area contributed by atoms with E-state index in [-0.39, 0.29) is 23.9 Å². The molecule has 2 saturated heterocycles. The number of nitrogens with one attached hydrogen (secondary N) is 2. The van der Waals surface area contributed by atoms with Crippen molar-refractivity contribution in [3.8, 4) is 5.75 Å². The third-order valence-corrected chi connectivity index (χ3v) is 4.97. The van der Waals surface area contributed by atoms with E-state index in [0.717, 1.165) is 19.5 Å². The average Bonchev–Trinajstić information content (AvgIpc) is 2.97. The third-order valence-electron chi connectivity index (χ3n) is 4.15. The summed E-state index contributed by atoms with van der Waals surface area (Å²) in [6.45, 7) is 2.42. The van der Waals surface area contributed by atoms with Gasteiger partial charge in [-0.2, -0.15) is 0 Å². The Morgan fingerprint density at radius 1 is 1.29 bits per heavy atom. The van der Waals surface area contributed by atoms with Gasteiger partial charge in [-0.3, -0.25) is 0 Å². The summed E-state index contributed by atoms with van der Waals surface area (Å²) in [5.41, 5.74) is 0.502. The minimum atomic E-state index is -0.311. The van der Waals surface area contributed by atoms with Gasteiger partial charge in [-0.15, -0.1) is 0 Å². The van der Waals surface area contributed by atoms with Gasteiger partial charge in [0.1, 0.15) is 5.75 Å². The Kier molecular flexibility index (Phi) is 4.15. The number of phenolic OH excluding ortho intramolecular Hbond substituents is 1. The van der Waals surface area contributed by atoms with E-state index < -0.39 is 0 Å². The summed E-state index contributed by atoms with van der Waals surface area (Å²) in [5.74, 6) is 0.0608. The SMILES string of the molecule is O=C1NC(c2c(O)ccc(Cl)c2Cl)CCN1C1CCNC1. The van der Waals surface area contributed by atoms with Gasteiger partial charge in [-0.1, -0.05) is 23.2 Å². The molecule has 0 radical (unpaired) electrons. The van der Waals surface area contributed by atoms with Crippen LogP contribution in [0.1, 0.15) is 24.4 Å². The quantitative estimate of drug-likeness (QED) is 0.781. The first kappa shape index (κ1) is 14.8. The molecule has 3 N–H and O–H groups in total. The van der Waals surface area contributed by atoms with Crippen molar-refractivity contribution in [1.82, 2.24) is 15.5 Å². The molecule has 114 valence electrons. The highest BCUT2D eigenvalue weighted by atomic mass is 35.5. The van der Waals surface area contributed by atoms with Crippen LogP contribution in [0.15, 0.2) is 12.1 Å². The van der Waals surface area contributed by atoms with Crippen molar-refractivity contribution >= 4 is 29.2 Å². The van der Waals surface area contributed by atoms with Crippen molar-refractivity contribution in [1.29, 1.82) is 0 Å². The largest absolute Gasteiger partial charge is 0.508 e. The Labute approximate surface area is 133 Å². The van der Waals surface area contributed by atoms with Gasteiger partial charge in [0.15, 0.2) is 0 Å². The monoisotopic (exact) mass is 329 g/mol. The second-order valence-corrected chi connectivity index (χ2v) is 6.21. The number of hydrogen-bond acceptors (Lipinski definition) is 3. The molecule has 0 aromatic heterocycles. The Hall–Kier alpha value is -1.17. The molecular weight excluding hydrogens is 313 g/mol. The minimum absolute atomic E-state index is 0.0608. The van der Waals surface area contributed by atoms with Crippen molar-refractivity contribution < 1.29 is 9.90 Å². The van der Waals surface area contributed by atoms with Gasteiger partial charge in [-0.25, -0.2) is 4.79 Å². The third kappa shape index (κ3) is 2.78. The lowest BCUT2D eigenvalue weighted by atomic mass is 10.00. The maximum Gasteiger partial charge on any atom is 0.318 e. The van der Waals surface area contributed by atoms with Crippen LogP contribution in [0.3, 0.4) is 0 Å². The smallest absolute Gasteiger partial charge is 0.318 e. The van der Waals surface area contributed by atoms with Gasteiger partial charge in [0.05, 0.1) is 16.1 Å². The number of benzene rings is 1. The molecule has 0 bridgehead atoms. The Morgan fingerprint density at radius 2 is 2.10 bits per heavy atom. The summed E-state index contributed by atoms with van der Waals surface area (Å²) in [4.78, 5) is 14.2. The lowest BCUT2D eigenvalue weighted by molar-refractivity contribution is 0.153. The van der Waals surface area contributed by atoms with E-state index in [1.165, 1.54) is 6.07 Å². The summed E-state index contributed by atoms with van der Waals surface area (Å²) < 4.78 is 0. The molecule has 7 heteroatoms. The minimum Gasteiger partial charge on any atom is -0.508 e. The highest BCUT2D eigenvalue weighted by molar-refractivity contribution is 6.42.